The maximum absolute atomic E-state index is 16.0. The van der Waals surface area contributed by atoms with E-state index in [4.69, 9.17) is 34.8 Å². The Balaban J connectivity index is 0.629. The highest BCUT2D eigenvalue weighted by Gasteiger charge is 2.31. The molecule has 0 radical (unpaired) electrons. The quantitative estimate of drug-likeness (QED) is 0.0317. The summed E-state index contributed by atoms with van der Waals surface area (Å²) < 4.78 is 40.9. The van der Waals surface area contributed by atoms with E-state index < -0.39 is 29.5 Å². The Morgan fingerprint density at radius 2 is 1.35 bits per heavy atom. The van der Waals surface area contributed by atoms with Crippen LogP contribution in [0, 0.1) is 5.82 Å². The third-order valence-electron chi connectivity index (χ3n) is 16.1. The molecule has 3 aromatic heterocycles. The molecule has 3 aromatic carbocycles. The van der Waals surface area contributed by atoms with Gasteiger partial charge in [0, 0.05) is 93.6 Å². The monoisotopic (exact) mass is 1210 g/mol. The van der Waals surface area contributed by atoms with Crippen molar-refractivity contribution < 1.29 is 56.9 Å². The van der Waals surface area contributed by atoms with Crippen molar-refractivity contribution in [2.24, 2.45) is 12.8 Å². The first-order valence-electron chi connectivity index (χ1n) is 30.4. The molecule has 3 aliphatic rings. The molecule has 6 amide bonds. The smallest absolute Gasteiger partial charge is 0.325 e. The summed E-state index contributed by atoms with van der Waals surface area (Å²) in [6.45, 7) is 6.91. The SMILES string of the molecule is CCOC(=O)CNC(=O)CNC(=O)Cn1nc(C2CCN(C(=O)CCC(=O)NCCOCCOCCOCCC(=O)N3CCC(c4ccc(Nc5nc(N6CCCCC6)cnc5C(N)=O)cc4)CC3)CC2)c2c(-c3cc4c(cnn4C)cc3F)cccc21. The number of aryl methyl sites for hydroxylation is 1. The topological polar surface area (TPSA) is 302 Å². The number of primary amides is 1. The highest BCUT2D eigenvalue weighted by atomic mass is 19.1. The van der Waals surface area contributed by atoms with Crippen molar-refractivity contribution in [3.05, 3.63) is 89.8 Å². The van der Waals surface area contributed by atoms with Gasteiger partial charge in [0.1, 0.15) is 24.7 Å². The van der Waals surface area contributed by atoms with Gasteiger partial charge in [0.25, 0.3) is 5.91 Å². The highest BCUT2D eigenvalue weighted by molar-refractivity contribution is 6.00. The Morgan fingerprint density at radius 3 is 2.06 bits per heavy atom. The summed E-state index contributed by atoms with van der Waals surface area (Å²) >= 11 is 0. The van der Waals surface area contributed by atoms with Crippen molar-refractivity contribution in [3.8, 4) is 11.1 Å². The van der Waals surface area contributed by atoms with Crippen molar-refractivity contribution in [2.45, 2.75) is 89.5 Å². The number of fused-ring (bicyclic) bond motifs is 2. The summed E-state index contributed by atoms with van der Waals surface area (Å²) in [4.78, 5) is 103. The number of rotatable bonds is 29. The average Bonchev–Trinajstić information content (AvgIpc) is 2.08. The van der Waals surface area contributed by atoms with Crippen LogP contribution < -0.4 is 31.9 Å². The largest absolute Gasteiger partial charge is 0.465 e. The van der Waals surface area contributed by atoms with Crippen LogP contribution in [0.2, 0.25) is 0 Å². The molecule has 470 valence electrons. The molecule has 26 heteroatoms. The van der Waals surface area contributed by atoms with Crippen LogP contribution in [0.3, 0.4) is 0 Å². The number of ether oxygens (including phenoxy) is 4. The molecule has 3 fully saturated rings. The molecule has 3 aliphatic heterocycles. The second-order valence-electron chi connectivity index (χ2n) is 22.1. The van der Waals surface area contributed by atoms with E-state index >= 15 is 4.39 Å². The Labute approximate surface area is 509 Å². The number of amides is 6. The fourth-order valence-electron chi connectivity index (χ4n) is 11.4. The number of hydrogen-bond acceptors (Lipinski definition) is 17. The first kappa shape index (κ1) is 63.9. The standard InChI is InChI=1S/C62H79FN14O11/c1-3-88-57(83)39-67-53(79)38-66-54(80)40-77-49-9-7-8-46(47-35-50-44(34-48(47)63)36-69-73(50)2)58(49)59(72-77)43-18-26-75(27-19-43)55(81)15-14-52(78)65-21-29-86-31-33-87-32-30-85-28-20-56(82)76-24-16-42(17-25-76)41-10-12-45(13-11-41)70-62-60(61(64)84)68-37-51(71-62)74-22-5-4-6-23-74/h7-13,34-37,42-43H,3-6,14-33,38-40H2,1-2H3,(H2,64,84)(H,65,78)(H,66,80)(H,67,79)(H,70,71). The van der Waals surface area contributed by atoms with E-state index in [0.29, 0.717) is 117 Å². The molecular weight excluding hydrogens is 1140 g/mol. The third-order valence-corrected chi connectivity index (χ3v) is 16.1. The van der Waals surface area contributed by atoms with E-state index in [2.05, 4.69) is 48.4 Å². The molecule has 0 bridgehead atoms. The summed E-state index contributed by atoms with van der Waals surface area (Å²) in [6, 6.07) is 16.6. The van der Waals surface area contributed by atoms with Gasteiger partial charge in [-0.1, -0.05) is 24.3 Å². The minimum atomic E-state index is -0.645. The summed E-state index contributed by atoms with van der Waals surface area (Å²) in [6.07, 6.45) is 9.65. The summed E-state index contributed by atoms with van der Waals surface area (Å²) in [7, 11) is 1.78. The fraction of sp³-hybridized carbons (Fsp3) is 0.500. The number of benzene rings is 3. The van der Waals surface area contributed by atoms with Gasteiger partial charge in [-0.25, -0.2) is 14.4 Å². The van der Waals surface area contributed by atoms with Gasteiger partial charge >= 0.3 is 5.97 Å². The van der Waals surface area contributed by atoms with Gasteiger partial charge in [0.05, 0.1) is 88.3 Å². The van der Waals surface area contributed by atoms with Crippen molar-refractivity contribution in [1.82, 2.24) is 55.3 Å². The molecule has 88 heavy (non-hydrogen) atoms. The number of anilines is 3. The van der Waals surface area contributed by atoms with Gasteiger partial charge in [-0.3, -0.25) is 42.9 Å². The number of hydrogen-bond donors (Lipinski definition) is 5. The van der Waals surface area contributed by atoms with E-state index in [9.17, 15) is 33.6 Å². The second kappa shape index (κ2) is 31.3. The Kier molecular flexibility index (Phi) is 22.7. The number of likely N-dealkylation sites (tertiary alicyclic amines) is 2. The second-order valence-corrected chi connectivity index (χ2v) is 22.1. The number of carbonyl (C=O) groups is 7. The highest BCUT2D eigenvalue weighted by Crippen LogP contribution is 2.40. The minimum absolute atomic E-state index is 0.0103. The predicted molar refractivity (Wildman–Crippen MR) is 325 cm³/mol. The molecule has 0 unspecified atom stereocenters. The van der Waals surface area contributed by atoms with E-state index in [1.807, 2.05) is 23.1 Å². The zero-order valence-electron chi connectivity index (χ0n) is 50.1. The molecular formula is C62H79FN14O11. The van der Waals surface area contributed by atoms with Crippen LogP contribution in [-0.4, -0.2) is 186 Å². The number of nitrogens with one attached hydrogen (secondary N) is 4. The molecule has 3 saturated heterocycles. The van der Waals surface area contributed by atoms with Gasteiger partial charge in [0.2, 0.25) is 29.5 Å². The predicted octanol–water partition coefficient (Wildman–Crippen LogP) is 4.60. The number of nitrogens with two attached hydrogens (primary N) is 1. The summed E-state index contributed by atoms with van der Waals surface area (Å²) in [5.74, 6) is -1.93. The Hall–Kier alpha value is -8.62. The maximum Gasteiger partial charge on any atom is 0.325 e. The van der Waals surface area contributed by atoms with Crippen molar-refractivity contribution in [1.29, 1.82) is 0 Å². The van der Waals surface area contributed by atoms with Crippen molar-refractivity contribution >= 4 is 80.5 Å². The van der Waals surface area contributed by atoms with Gasteiger partial charge < -0.3 is 60.6 Å². The number of nitrogens with zero attached hydrogens (tertiary/aromatic N) is 9. The van der Waals surface area contributed by atoms with Crippen molar-refractivity contribution in [2.75, 3.05) is 115 Å². The lowest BCUT2D eigenvalue weighted by Crippen LogP contribution is -2.40. The lowest BCUT2D eigenvalue weighted by Gasteiger charge is -2.32. The maximum atomic E-state index is 16.0. The molecule has 6 N–H and O–H groups in total. The first-order chi connectivity index (χ1) is 42.7. The number of aromatic nitrogens is 6. The van der Waals surface area contributed by atoms with Crippen LogP contribution in [-0.2, 0) is 61.3 Å². The molecule has 0 spiro atoms. The van der Waals surface area contributed by atoms with E-state index in [-0.39, 0.29) is 88.0 Å². The molecule has 9 rings (SSSR count). The minimum Gasteiger partial charge on any atom is -0.465 e. The average molecular weight is 1220 g/mol. The molecule has 25 nitrogen and oxygen atoms in total. The zero-order chi connectivity index (χ0) is 61.9. The first-order valence-corrected chi connectivity index (χ1v) is 30.4. The van der Waals surface area contributed by atoms with Gasteiger partial charge in [-0.15, -0.1) is 0 Å². The third kappa shape index (κ3) is 17.1. The van der Waals surface area contributed by atoms with E-state index in [1.165, 1.54) is 22.7 Å². The number of halogens is 1. The van der Waals surface area contributed by atoms with Crippen molar-refractivity contribution in [3.63, 3.8) is 0 Å². The van der Waals surface area contributed by atoms with E-state index in [0.717, 1.165) is 55.8 Å². The molecule has 6 aromatic rings. The lowest BCUT2D eigenvalue weighted by molar-refractivity contribution is -0.143. The van der Waals surface area contributed by atoms with Crippen LogP contribution in [0.25, 0.3) is 32.9 Å². The lowest BCUT2D eigenvalue weighted by atomic mass is 9.88. The molecule has 0 aliphatic carbocycles. The number of esters is 1. The van der Waals surface area contributed by atoms with Gasteiger partial charge in [0.15, 0.2) is 11.5 Å². The van der Waals surface area contributed by atoms with Gasteiger partial charge in [-0.05, 0) is 99.2 Å². The van der Waals surface area contributed by atoms with Gasteiger partial charge in [-0.2, -0.15) is 10.2 Å². The van der Waals surface area contributed by atoms with E-state index in [1.54, 1.807) is 54.1 Å². The molecule has 6 heterocycles. The van der Waals surface area contributed by atoms with Crippen LogP contribution in [0.4, 0.5) is 21.7 Å². The number of piperidine rings is 3. The number of carbonyl (C=O) groups excluding carboxylic acids is 7. The van der Waals surface area contributed by atoms with Crippen LogP contribution in [0.5, 0.6) is 0 Å². The van der Waals surface area contributed by atoms with Crippen LogP contribution >= 0.6 is 0 Å². The zero-order valence-corrected chi connectivity index (χ0v) is 50.1. The van der Waals surface area contributed by atoms with Crippen LogP contribution in [0.15, 0.2) is 67.0 Å². The normalized spacial score (nSPS) is 14.9. The van der Waals surface area contributed by atoms with Crippen LogP contribution in [0.1, 0.15) is 105 Å². The Bertz CT molecular complexity index is 3410. The fourth-order valence-corrected chi connectivity index (χ4v) is 11.4. The summed E-state index contributed by atoms with van der Waals surface area (Å²) in [5.41, 5.74) is 10.6. The summed E-state index contributed by atoms with van der Waals surface area (Å²) in [5, 5.41) is 21.6. The Morgan fingerprint density at radius 1 is 0.682 bits per heavy atom. The molecule has 0 saturated carbocycles. The molecule has 0 atom stereocenters.